The normalized spacial score (nSPS) is 14.7. The number of anilines is 1. The number of aliphatic carboxylic acids is 1. The van der Waals surface area contributed by atoms with E-state index in [4.69, 9.17) is 14.9 Å². The average molecular weight is 532 g/mol. The predicted molar refractivity (Wildman–Crippen MR) is 136 cm³/mol. The van der Waals surface area contributed by atoms with Crippen molar-refractivity contribution in [3.8, 4) is 11.5 Å². The first kappa shape index (κ1) is 27.0. The van der Waals surface area contributed by atoms with E-state index in [0.717, 1.165) is 48.8 Å². The molecule has 3 aromatic heterocycles. The molecule has 38 heavy (non-hydrogen) atoms. The highest BCUT2D eigenvalue weighted by molar-refractivity contribution is 5.83. The number of alkyl halides is 3. The van der Waals surface area contributed by atoms with Gasteiger partial charge in [0.25, 0.3) is 5.56 Å². The number of nitrogens with one attached hydrogen (secondary N) is 1. The van der Waals surface area contributed by atoms with Crippen molar-refractivity contribution in [2.45, 2.75) is 39.9 Å². The fourth-order valence-electron chi connectivity index (χ4n) is 4.35. The average Bonchev–Trinajstić information content (AvgIpc) is 3.28. The van der Waals surface area contributed by atoms with Crippen LogP contribution in [0.2, 0.25) is 0 Å². The standard InChI is InChI=1S/C23H27N7O.C2HF3O2/c1-14(2)28-7-9-29(10-8-28)17-5-6-19-18(11-17)23(31)26-22(25-19)20-12-21-16(4)24-15(3)13-30(21)27-20;3-2(4,5)1(6)7/h5-6,11-14H,7-10H2,1-4H3,(H,25,26,31);(H,6,7). The quantitative estimate of drug-likeness (QED) is 0.413. The number of aryl methyl sites for hydroxylation is 2. The van der Waals surface area contributed by atoms with E-state index in [1.807, 2.05) is 38.2 Å². The van der Waals surface area contributed by atoms with Gasteiger partial charge in [0, 0.05) is 37.9 Å². The van der Waals surface area contributed by atoms with Crippen LogP contribution in [0.5, 0.6) is 0 Å². The van der Waals surface area contributed by atoms with Crippen LogP contribution in [0.1, 0.15) is 25.2 Å². The SMILES string of the molecule is Cc1cn2nc(-c3nc4ccc(N5CCN(C(C)C)CC5)cc4c(=O)[nH]3)cc2c(C)n1.O=C(O)C(F)(F)F. The van der Waals surface area contributed by atoms with E-state index in [-0.39, 0.29) is 5.56 Å². The number of rotatable bonds is 3. The lowest BCUT2D eigenvalue weighted by Gasteiger charge is -2.38. The van der Waals surface area contributed by atoms with Gasteiger partial charge in [0.1, 0.15) is 5.69 Å². The first-order valence-electron chi connectivity index (χ1n) is 12.0. The summed E-state index contributed by atoms with van der Waals surface area (Å²) < 4.78 is 33.5. The molecule has 1 aliphatic rings. The molecule has 1 saturated heterocycles. The van der Waals surface area contributed by atoms with Crippen molar-refractivity contribution in [3.63, 3.8) is 0 Å². The van der Waals surface area contributed by atoms with Crippen LogP contribution in [0.25, 0.3) is 27.9 Å². The Morgan fingerprint density at radius 1 is 1.08 bits per heavy atom. The number of nitrogens with zero attached hydrogens (tertiary/aromatic N) is 6. The van der Waals surface area contributed by atoms with E-state index in [9.17, 15) is 18.0 Å². The Bertz CT molecular complexity index is 1540. The van der Waals surface area contributed by atoms with Crippen molar-refractivity contribution in [1.29, 1.82) is 0 Å². The highest BCUT2D eigenvalue weighted by Gasteiger charge is 2.38. The molecule has 0 bridgehead atoms. The molecular weight excluding hydrogens is 503 g/mol. The molecule has 0 radical (unpaired) electrons. The molecule has 4 aromatic rings. The van der Waals surface area contributed by atoms with E-state index in [0.29, 0.717) is 28.5 Å². The summed E-state index contributed by atoms with van der Waals surface area (Å²) in [6.07, 6.45) is -3.21. The minimum Gasteiger partial charge on any atom is -0.475 e. The van der Waals surface area contributed by atoms with Crippen LogP contribution in [0.4, 0.5) is 18.9 Å². The Kier molecular flexibility index (Phi) is 7.40. The number of benzene rings is 1. The monoisotopic (exact) mass is 531 g/mol. The molecule has 0 unspecified atom stereocenters. The van der Waals surface area contributed by atoms with E-state index >= 15 is 0 Å². The second-order valence-corrected chi connectivity index (χ2v) is 9.36. The number of aromatic nitrogens is 5. The van der Waals surface area contributed by atoms with Gasteiger partial charge in [-0.05, 0) is 52.0 Å². The summed E-state index contributed by atoms with van der Waals surface area (Å²) in [7, 11) is 0. The van der Waals surface area contributed by atoms with Crippen LogP contribution in [0, 0.1) is 13.8 Å². The Balaban J connectivity index is 0.000000426. The molecule has 5 rings (SSSR count). The van der Waals surface area contributed by atoms with E-state index in [1.165, 1.54) is 0 Å². The predicted octanol–water partition coefficient (Wildman–Crippen LogP) is 3.41. The molecule has 0 spiro atoms. The molecule has 1 aliphatic heterocycles. The number of carboxylic acids is 1. The number of aromatic amines is 1. The molecule has 0 atom stereocenters. The van der Waals surface area contributed by atoms with Gasteiger partial charge < -0.3 is 15.0 Å². The van der Waals surface area contributed by atoms with Gasteiger partial charge in [-0.2, -0.15) is 18.3 Å². The highest BCUT2D eigenvalue weighted by Crippen LogP contribution is 2.23. The van der Waals surface area contributed by atoms with Crippen LogP contribution in [0.15, 0.2) is 35.3 Å². The molecule has 0 aliphatic carbocycles. The molecule has 2 N–H and O–H groups in total. The summed E-state index contributed by atoms with van der Waals surface area (Å²) in [5.41, 5.74) is 4.91. The Hall–Kier alpha value is -4.00. The van der Waals surface area contributed by atoms with Gasteiger partial charge in [-0.15, -0.1) is 0 Å². The summed E-state index contributed by atoms with van der Waals surface area (Å²) in [5.74, 6) is -2.29. The lowest BCUT2D eigenvalue weighted by molar-refractivity contribution is -0.192. The summed E-state index contributed by atoms with van der Waals surface area (Å²) in [5, 5.41) is 12.3. The topological polar surface area (TPSA) is 120 Å². The van der Waals surface area contributed by atoms with E-state index < -0.39 is 12.1 Å². The van der Waals surface area contributed by atoms with Crippen molar-refractivity contribution >= 4 is 28.1 Å². The Morgan fingerprint density at radius 3 is 2.34 bits per heavy atom. The van der Waals surface area contributed by atoms with Gasteiger partial charge in [-0.25, -0.2) is 14.3 Å². The molecule has 1 aromatic carbocycles. The minimum absolute atomic E-state index is 0.147. The van der Waals surface area contributed by atoms with Crippen molar-refractivity contribution in [2.24, 2.45) is 0 Å². The zero-order chi connectivity index (χ0) is 27.8. The molecule has 13 heteroatoms. The molecule has 0 amide bonds. The van der Waals surface area contributed by atoms with Gasteiger partial charge in [0.2, 0.25) is 0 Å². The van der Waals surface area contributed by atoms with Crippen molar-refractivity contribution in [1.82, 2.24) is 29.5 Å². The lowest BCUT2D eigenvalue weighted by Crippen LogP contribution is -2.48. The Labute approximate surface area is 215 Å². The number of carbonyl (C=O) groups is 1. The second-order valence-electron chi connectivity index (χ2n) is 9.36. The van der Waals surface area contributed by atoms with Gasteiger partial charge >= 0.3 is 12.1 Å². The molecule has 202 valence electrons. The maximum absolute atomic E-state index is 12.9. The first-order chi connectivity index (χ1) is 17.8. The van der Waals surface area contributed by atoms with Gasteiger partial charge in [0.15, 0.2) is 5.82 Å². The Morgan fingerprint density at radius 2 is 1.74 bits per heavy atom. The largest absolute Gasteiger partial charge is 0.490 e. The van der Waals surface area contributed by atoms with Crippen LogP contribution in [0.3, 0.4) is 0 Å². The van der Waals surface area contributed by atoms with Gasteiger partial charge in [0.05, 0.1) is 34.0 Å². The van der Waals surface area contributed by atoms with Crippen LogP contribution in [-0.2, 0) is 4.79 Å². The summed E-state index contributed by atoms with van der Waals surface area (Å²) in [6, 6.07) is 8.42. The molecule has 0 saturated carbocycles. The third-order valence-corrected chi connectivity index (χ3v) is 6.34. The zero-order valence-electron chi connectivity index (χ0n) is 21.4. The lowest BCUT2D eigenvalue weighted by atomic mass is 10.1. The van der Waals surface area contributed by atoms with E-state index in [2.05, 4.69) is 44.8 Å². The maximum atomic E-state index is 12.9. The van der Waals surface area contributed by atoms with Gasteiger partial charge in [-0.3, -0.25) is 14.7 Å². The van der Waals surface area contributed by atoms with Crippen LogP contribution >= 0.6 is 0 Å². The van der Waals surface area contributed by atoms with Crippen LogP contribution in [-0.4, -0.2) is 78.9 Å². The third kappa shape index (κ3) is 5.77. The van der Waals surface area contributed by atoms with Crippen molar-refractivity contribution in [3.05, 3.63) is 52.2 Å². The molecule has 10 nitrogen and oxygen atoms in total. The number of halogens is 3. The number of fused-ring (bicyclic) bond motifs is 2. The molecule has 1 fully saturated rings. The van der Waals surface area contributed by atoms with Gasteiger partial charge in [-0.1, -0.05) is 0 Å². The summed E-state index contributed by atoms with van der Waals surface area (Å²) in [6.45, 7) is 12.3. The fourth-order valence-corrected chi connectivity index (χ4v) is 4.35. The first-order valence-corrected chi connectivity index (χ1v) is 12.0. The third-order valence-electron chi connectivity index (χ3n) is 6.34. The number of hydrogen-bond donors (Lipinski definition) is 2. The summed E-state index contributed by atoms with van der Waals surface area (Å²) >= 11 is 0. The molecular formula is C25H28F3N7O3. The zero-order valence-corrected chi connectivity index (χ0v) is 21.4. The van der Waals surface area contributed by atoms with E-state index in [1.54, 1.807) is 4.52 Å². The fraction of sp³-hybridized carbons (Fsp3) is 0.400. The maximum Gasteiger partial charge on any atom is 0.490 e. The number of hydrogen-bond acceptors (Lipinski definition) is 7. The summed E-state index contributed by atoms with van der Waals surface area (Å²) in [4.78, 5) is 38.7. The van der Waals surface area contributed by atoms with Crippen molar-refractivity contribution < 1.29 is 23.1 Å². The highest BCUT2D eigenvalue weighted by atomic mass is 19.4. The van der Waals surface area contributed by atoms with Crippen molar-refractivity contribution in [2.75, 3.05) is 31.1 Å². The number of H-pyrrole nitrogens is 1. The number of piperazine rings is 1. The minimum atomic E-state index is -5.08. The molecule has 4 heterocycles. The second kappa shape index (κ2) is 10.4. The number of carboxylic acid groups (broad SMARTS) is 1. The van der Waals surface area contributed by atoms with Crippen LogP contribution < -0.4 is 10.5 Å². The smallest absolute Gasteiger partial charge is 0.475 e.